The summed E-state index contributed by atoms with van der Waals surface area (Å²) in [5.41, 5.74) is -0.208. The first-order valence-corrected chi connectivity index (χ1v) is 5.88. The van der Waals surface area contributed by atoms with Gasteiger partial charge in [0.05, 0.1) is 16.0 Å². The highest BCUT2D eigenvalue weighted by Gasteiger charge is 2.19. The van der Waals surface area contributed by atoms with Crippen LogP contribution in [0.4, 0.5) is 15.8 Å². The van der Waals surface area contributed by atoms with Crippen molar-refractivity contribution in [2.75, 3.05) is 11.9 Å². The highest BCUT2D eigenvalue weighted by molar-refractivity contribution is 6.31. The third-order valence-electron chi connectivity index (χ3n) is 2.57. The van der Waals surface area contributed by atoms with Crippen LogP contribution in [0, 0.1) is 15.9 Å². The molecule has 100 valence electrons. The number of nitro benzene ring substituents is 1. The summed E-state index contributed by atoms with van der Waals surface area (Å²) in [5.74, 6) is -0.830. The molecule has 5 nitrogen and oxygen atoms in total. The highest BCUT2D eigenvalue weighted by atomic mass is 35.5. The lowest BCUT2D eigenvalue weighted by molar-refractivity contribution is -0.384. The van der Waals surface area contributed by atoms with Crippen molar-refractivity contribution in [3.8, 4) is 0 Å². The van der Waals surface area contributed by atoms with Crippen molar-refractivity contribution in [2.24, 2.45) is 0 Å². The predicted molar refractivity (Wildman–Crippen MR) is 67.5 cm³/mol. The maximum atomic E-state index is 13.2. The van der Waals surface area contributed by atoms with Crippen molar-refractivity contribution in [1.29, 1.82) is 0 Å². The lowest BCUT2D eigenvalue weighted by Crippen LogP contribution is -2.20. The topological polar surface area (TPSA) is 75.4 Å². The van der Waals surface area contributed by atoms with Gasteiger partial charge in [-0.3, -0.25) is 10.1 Å². The molecule has 1 unspecified atom stereocenters. The van der Waals surface area contributed by atoms with E-state index in [0.29, 0.717) is 12.8 Å². The van der Waals surface area contributed by atoms with Crippen LogP contribution in [0.3, 0.4) is 0 Å². The monoisotopic (exact) mass is 276 g/mol. The molecule has 0 amide bonds. The van der Waals surface area contributed by atoms with Gasteiger partial charge in [-0.05, 0) is 18.9 Å². The average molecular weight is 277 g/mol. The lowest BCUT2D eigenvalue weighted by atomic mass is 10.1. The standard InChI is InChI=1S/C11H14ClFN2O3/c1-2-7(3-4-16)14-10-5-8(12)9(13)6-11(10)15(17)18/h5-7,14,16H,2-4H2,1H3. The van der Waals surface area contributed by atoms with Gasteiger partial charge in [-0.15, -0.1) is 0 Å². The summed E-state index contributed by atoms with van der Waals surface area (Å²) < 4.78 is 13.2. The summed E-state index contributed by atoms with van der Waals surface area (Å²) in [6, 6.07) is 1.85. The number of aliphatic hydroxyl groups excluding tert-OH is 1. The fourth-order valence-electron chi connectivity index (χ4n) is 1.56. The Morgan fingerprint density at radius 3 is 2.78 bits per heavy atom. The molecule has 0 saturated carbocycles. The minimum atomic E-state index is -0.830. The van der Waals surface area contributed by atoms with E-state index in [0.717, 1.165) is 6.07 Å². The molecule has 1 aromatic rings. The molecule has 7 heteroatoms. The van der Waals surface area contributed by atoms with Gasteiger partial charge in [0.15, 0.2) is 0 Å². The van der Waals surface area contributed by atoms with Crippen molar-refractivity contribution < 1.29 is 14.4 Å². The van der Waals surface area contributed by atoms with Gasteiger partial charge in [-0.1, -0.05) is 18.5 Å². The van der Waals surface area contributed by atoms with Crippen LogP contribution in [-0.2, 0) is 0 Å². The summed E-state index contributed by atoms with van der Waals surface area (Å²) in [5, 5.41) is 22.4. The quantitative estimate of drug-likeness (QED) is 0.619. The van der Waals surface area contributed by atoms with E-state index in [1.165, 1.54) is 6.07 Å². The molecule has 1 aromatic carbocycles. The van der Waals surface area contributed by atoms with Crippen LogP contribution in [0.15, 0.2) is 12.1 Å². The number of nitro groups is 1. The first-order chi connectivity index (χ1) is 8.49. The number of nitrogens with zero attached hydrogens (tertiary/aromatic N) is 1. The van der Waals surface area contributed by atoms with E-state index >= 15 is 0 Å². The number of benzene rings is 1. The van der Waals surface area contributed by atoms with E-state index in [-0.39, 0.29) is 29.0 Å². The van der Waals surface area contributed by atoms with E-state index in [1.54, 1.807) is 0 Å². The molecule has 1 rings (SSSR count). The molecule has 0 fully saturated rings. The van der Waals surface area contributed by atoms with Crippen LogP contribution in [-0.4, -0.2) is 22.7 Å². The minimum Gasteiger partial charge on any atom is -0.396 e. The molecule has 18 heavy (non-hydrogen) atoms. The Kier molecular flexibility index (Phi) is 5.30. The number of hydrogen-bond donors (Lipinski definition) is 2. The Bertz CT molecular complexity index is 443. The van der Waals surface area contributed by atoms with Crippen LogP contribution >= 0.6 is 11.6 Å². The zero-order valence-corrected chi connectivity index (χ0v) is 10.6. The van der Waals surface area contributed by atoms with E-state index < -0.39 is 10.7 Å². The summed E-state index contributed by atoms with van der Waals surface area (Å²) in [7, 11) is 0. The van der Waals surface area contributed by atoms with Crippen molar-refractivity contribution in [3.05, 3.63) is 33.1 Å². The normalized spacial score (nSPS) is 12.2. The first-order valence-electron chi connectivity index (χ1n) is 5.50. The maximum absolute atomic E-state index is 13.2. The van der Waals surface area contributed by atoms with E-state index in [9.17, 15) is 14.5 Å². The molecule has 1 atom stereocenters. The third kappa shape index (κ3) is 3.54. The summed E-state index contributed by atoms with van der Waals surface area (Å²) in [6.45, 7) is 1.85. The molecule has 0 aromatic heterocycles. The van der Waals surface area contributed by atoms with E-state index in [4.69, 9.17) is 16.7 Å². The number of rotatable bonds is 6. The fraction of sp³-hybridized carbons (Fsp3) is 0.455. The van der Waals surface area contributed by atoms with Gasteiger partial charge in [0.1, 0.15) is 11.5 Å². The molecule has 0 aliphatic carbocycles. The third-order valence-corrected chi connectivity index (χ3v) is 2.85. The molecule has 0 aliphatic heterocycles. The maximum Gasteiger partial charge on any atom is 0.295 e. The zero-order valence-electron chi connectivity index (χ0n) is 9.82. The smallest absolute Gasteiger partial charge is 0.295 e. The van der Waals surface area contributed by atoms with Crippen LogP contribution < -0.4 is 5.32 Å². The molecule has 2 N–H and O–H groups in total. The average Bonchev–Trinajstić information content (AvgIpc) is 2.32. The van der Waals surface area contributed by atoms with Crippen LogP contribution in [0.2, 0.25) is 5.02 Å². The molecular formula is C11H14ClFN2O3. The van der Waals surface area contributed by atoms with Crippen LogP contribution in [0.1, 0.15) is 19.8 Å². The Morgan fingerprint density at radius 2 is 2.28 bits per heavy atom. The van der Waals surface area contributed by atoms with Crippen molar-refractivity contribution in [1.82, 2.24) is 0 Å². The van der Waals surface area contributed by atoms with Gasteiger partial charge in [0.25, 0.3) is 5.69 Å². The lowest BCUT2D eigenvalue weighted by Gasteiger charge is -2.17. The Hall–Kier alpha value is -1.40. The van der Waals surface area contributed by atoms with E-state index in [2.05, 4.69) is 5.32 Å². The molecular weight excluding hydrogens is 263 g/mol. The Labute approximate surface area is 109 Å². The largest absolute Gasteiger partial charge is 0.396 e. The molecule has 0 bridgehead atoms. The summed E-state index contributed by atoms with van der Waals surface area (Å²) in [6.07, 6.45) is 1.12. The van der Waals surface area contributed by atoms with E-state index in [1.807, 2.05) is 6.92 Å². The fourth-order valence-corrected chi connectivity index (χ4v) is 1.72. The van der Waals surface area contributed by atoms with Crippen molar-refractivity contribution >= 4 is 23.0 Å². The SMILES string of the molecule is CCC(CCO)Nc1cc(Cl)c(F)cc1[N+](=O)[O-]. The Balaban J connectivity index is 3.06. The van der Waals surface area contributed by atoms with Gasteiger partial charge in [0.2, 0.25) is 0 Å². The molecule has 0 aliphatic rings. The summed E-state index contributed by atoms with van der Waals surface area (Å²) in [4.78, 5) is 10.1. The van der Waals surface area contributed by atoms with Gasteiger partial charge >= 0.3 is 0 Å². The van der Waals surface area contributed by atoms with Crippen LogP contribution in [0.25, 0.3) is 0 Å². The first kappa shape index (κ1) is 14.7. The number of halogens is 2. The predicted octanol–water partition coefficient (Wildman–Crippen LogP) is 2.96. The second kappa shape index (κ2) is 6.51. The van der Waals surface area contributed by atoms with Gasteiger partial charge < -0.3 is 10.4 Å². The number of anilines is 1. The van der Waals surface area contributed by atoms with Crippen LogP contribution in [0.5, 0.6) is 0 Å². The minimum absolute atomic E-state index is 0.0335. The van der Waals surface area contributed by atoms with Gasteiger partial charge in [0, 0.05) is 12.6 Å². The van der Waals surface area contributed by atoms with Gasteiger partial charge in [-0.2, -0.15) is 0 Å². The number of hydrogen-bond acceptors (Lipinski definition) is 4. The molecule has 0 spiro atoms. The second-order valence-electron chi connectivity index (χ2n) is 3.80. The number of nitrogens with one attached hydrogen (secondary N) is 1. The van der Waals surface area contributed by atoms with Crippen molar-refractivity contribution in [3.63, 3.8) is 0 Å². The molecule has 0 saturated heterocycles. The Morgan fingerprint density at radius 1 is 1.61 bits per heavy atom. The van der Waals surface area contributed by atoms with Crippen molar-refractivity contribution in [2.45, 2.75) is 25.8 Å². The zero-order chi connectivity index (χ0) is 13.7. The number of aliphatic hydroxyl groups is 1. The second-order valence-corrected chi connectivity index (χ2v) is 4.21. The van der Waals surface area contributed by atoms with Gasteiger partial charge in [-0.25, -0.2) is 4.39 Å². The summed E-state index contributed by atoms with van der Waals surface area (Å²) >= 11 is 5.61. The highest BCUT2D eigenvalue weighted by Crippen LogP contribution is 2.31. The molecule has 0 heterocycles. The molecule has 0 radical (unpaired) electrons.